The summed E-state index contributed by atoms with van der Waals surface area (Å²) in [5.74, 6) is -0.555. The number of thiophene rings is 1. The molecule has 0 aliphatic carbocycles. The summed E-state index contributed by atoms with van der Waals surface area (Å²) in [5, 5.41) is 8.21. The smallest absolute Gasteiger partial charge is 0.379 e. The van der Waals surface area contributed by atoms with E-state index in [9.17, 15) is 18.0 Å². The summed E-state index contributed by atoms with van der Waals surface area (Å²) in [6.07, 6.45) is -3.95. The summed E-state index contributed by atoms with van der Waals surface area (Å²) in [4.78, 5) is 17.1. The van der Waals surface area contributed by atoms with E-state index in [1.165, 1.54) is 17.4 Å². The minimum absolute atomic E-state index is 0.0356. The number of nitrogens with one attached hydrogen (secondary N) is 1. The number of carbonyl (C=O) groups excluding carboxylic acids is 1. The molecule has 0 unspecified atom stereocenters. The Bertz CT molecular complexity index is 952. The Morgan fingerprint density at radius 1 is 1.36 bits per heavy atom. The summed E-state index contributed by atoms with van der Waals surface area (Å²) in [6, 6.07) is 5.62. The fourth-order valence-electron chi connectivity index (χ4n) is 2.52. The molecule has 0 aliphatic heterocycles. The number of hydrogen-bond acceptors (Lipinski definition) is 5. The number of alkyl halides is 3. The van der Waals surface area contributed by atoms with Gasteiger partial charge in [-0.05, 0) is 37.8 Å². The zero-order chi connectivity index (χ0) is 20.3. The van der Waals surface area contributed by atoms with Crippen LogP contribution in [0.5, 0.6) is 0 Å². The quantitative estimate of drug-likeness (QED) is 0.595. The zero-order valence-corrected chi connectivity index (χ0v) is 16.1. The van der Waals surface area contributed by atoms with Gasteiger partial charge in [0.05, 0.1) is 16.7 Å². The van der Waals surface area contributed by atoms with Gasteiger partial charge in [-0.25, -0.2) is 9.50 Å². The van der Waals surface area contributed by atoms with E-state index in [0.717, 1.165) is 6.07 Å². The molecule has 3 heterocycles. The molecule has 3 rings (SSSR count). The van der Waals surface area contributed by atoms with Crippen molar-refractivity contribution in [3.8, 4) is 10.6 Å². The van der Waals surface area contributed by atoms with E-state index in [0.29, 0.717) is 29.0 Å². The lowest BCUT2D eigenvalue weighted by molar-refractivity contribution is -0.142. The van der Waals surface area contributed by atoms with Crippen LogP contribution < -0.4 is 5.32 Å². The fraction of sp³-hybridized carbons (Fsp3) is 0.389. The Balaban J connectivity index is 1.84. The summed E-state index contributed by atoms with van der Waals surface area (Å²) in [7, 11) is 0. The van der Waals surface area contributed by atoms with Crippen molar-refractivity contribution in [2.24, 2.45) is 0 Å². The molecule has 3 aromatic rings. The number of carbonyl (C=O) groups is 1. The van der Waals surface area contributed by atoms with Gasteiger partial charge in [-0.3, -0.25) is 4.79 Å². The molecule has 1 N–H and O–H groups in total. The number of aromatic nitrogens is 3. The molecule has 28 heavy (non-hydrogen) atoms. The van der Waals surface area contributed by atoms with Crippen LogP contribution in [0.3, 0.4) is 0 Å². The number of ether oxygens (including phenoxy) is 1. The van der Waals surface area contributed by atoms with Crippen molar-refractivity contribution in [2.45, 2.75) is 32.5 Å². The number of rotatable bonds is 7. The molecule has 0 bridgehead atoms. The van der Waals surface area contributed by atoms with Gasteiger partial charge in [0.15, 0.2) is 17.0 Å². The minimum Gasteiger partial charge on any atom is -0.379 e. The number of hydrogen-bond donors (Lipinski definition) is 1. The second-order valence-electron chi connectivity index (χ2n) is 6.33. The predicted molar refractivity (Wildman–Crippen MR) is 99.3 cm³/mol. The minimum atomic E-state index is -4.64. The zero-order valence-electron chi connectivity index (χ0n) is 15.3. The molecule has 0 saturated heterocycles. The molecule has 0 radical (unpaired) electrons. The first kappa shape index (κ1) is 20.3. The van der Waals surface area contributed by atoms with E-state index in [-0.39, 0.29) is 23.1 Å². The highest BCUT2D eigenvalue weighted by Crippen LogP contribution is 2.33. The molecule has 0 fully saturated rings. The topological polar surface area (TPSA) is 68.5 Å². The van der Waals surface area contributed by atoms with Crippen LogP contribution in [0.25, 0.3) is 16.2 Å². The van der Waals surface area contributed by atoms with Crippen molar-refractivity contribution in [1.29, 1.82) is 0 Å². The van der Waals surface area contributed by atoms with E-state index in [2.05, 4.69) is 15.4 Å². The Hall–Kier alpha value is -2.46. The third kappa shape index (κ3) is 4.68. The van der Waals surface area contributed by atoms with E-state index < -0.39 is 17.8 Å². The van der Waals surface area contributed by atoms with Gasteiger partial charge < -0.3 is 10.1 Å². The van der Waals surface area contributed by atoms with Crippen LogP contribution in [0, 0.1) is 0 Å². The molecule has 0 aliphatic rings. The van der Waals surface area contributed by atoms with Gasteiger partial charge >= 0.3 is 6.18 Å². The maximum atomic E-state index is 13.5. The first-order chi connectivity index (χ1) is 13.3. The maximum absolute atomic E-state index is 13.5. The lowest BCUT2D eigenvalue weighted by atomic mass is 10.2. The second-order valence-corrected chi connectivity index (χ2v) is 7.28. The van der Waals surface area contributed by atoms with E-state index in [4.69, 9.17) is 4.74 Å². The van der Waals surface area contributed by atoms with Crippen molar-refractivity contribution < 1.29 is 22.7 Å². The molecule has 3 aromatic heterocycles. The Kier molecular flexibility index (Phi) is 5.99. The Labute approximate surface area is 163 Å². The Morgan fingerprint density at radius 3 is 2.79 bits per heavy atom. The molecule has 1 amide bonds. The number of amides is 1. The summed E-state index contributed by atoms with van der Waals surface area (Å²) >= 11 is 1.28. The molecular formula is C18H19F3N4O2S. The van der Waals surface area contributed by atoms with Crippen LogP contribution in [0.4, 0.5) is 13.2 Å². The molecule has 10 heteroatoms. The van der Waals surface area contributed by atoms with Crippen LogP contribution in [0.2, 0.25) is 0 Å². The molecule has 6 nitrogen and oxygen atoms in total. The first-order valence-corrected chi connectivity index (χ1v) is 9.55. The number of halogens is 3. The van der Waals surface area contributed by atoms with Gasteiger partial charge in [0, 0.05) is 19.2 Å². The summed E-state index contributed by atoms with van der Waals surface area (Å²) < 4.78 is 46.5. The lowest BCUT2D eigenvalue weighted by Gasteiger charge is -2.10. The predicted octanol–water partition coefficient (Wildman–Crippen LogP) is 4.02. The lowest BCUT2D eigenvalue weighted by Crippen LogP contribution is -2.26. The van der Waals surface area contributed by atoms with E-state index in [1.807, 2.05) is 13.8 Å². The van der Waals surface area contributed by atoms with Crippen LogP contribution in [-0.2, 0) is 10.9 Å². The molecular weight excluding hydrogens is 393 g/mol. The Morgan fingerprint density at radius 2 is 2.14 bits per heavy atom. The first-order valence-electron chi connectivity index (χ1n) is 8.67. The average Bonchev–Trinajstić information content (AvgIpc) is 3.28. The highest BCUT2D eigenvalue weighted by molar-refractivity contribution is 7.13. The number of nitrogens with zero attached hydrogens (tertiary/aromatic N) is 3. The second kappa shape index (κ2) is 8.27. The van der Waals surface area contributed by atoms with Crippen molar-refractivity contribution in [3.63, 3.8) is 0 Å². The van der Waals surface area contributed by atoms with Crippen molar-refractivity contribution in [2.75, 3.05) is 13.2 Å². The highest BCUT2D eigenvalue weighted by atomic mass is 32.1. The maximum Gasteiger partial charge on any atom is 0.433 e. The number of fused-ring (bicyclic) bond motifs is 1. The van der Waals surface area contributed by atoms with Crippen molar-refractivity contribution in [1.82, 2.24) is 19.9 Å². The standard InChI is InChI=1S/C18H19F3N4O2S/c1-11(2)27-7-4-6-22-17(26)13-10-16-23-12(14-5-3-8-28-14)9-15(18(19,20)21)25(16)24-13/h3,5,8-11H,4,6-7H2,1-2H3,(H,22,26). The normalized spacial score (nSPS) is 12.1. The van der Waals surface area contributed by atoms with Gasteiger partial charge in [0.25, 0.3) is 5.91 Å². The average molecular weight is 412 g/mol. The molecule has 0 atom stereocenters. The van der Waals surface area contributed by atoms with Gasteiger partial charge in [-0.1, -0.05) is 6.07 Å². The summed E-state index contributed by atoms with van der Waals surface area (Å²) in [5.41, 5.74) is -0.949. The van der Waals surface area contributed by atoms with Crippen LogP contribution in [0.15, 0.2) is 29.6 Å². The fourth-order valence-corrected chi connectivity index (χ4v) is 3.21. The van der Waals surface area contributed by atoms with Crippen molar-refractivity contribution >= 4 is 22.9 Å². The van der Waals surface area contributed by atoms with E-state index >= 15 is 0 Å². The van der Waals surface area contributed by atoms with Gasteiger partial charge in [0.2, 0.25) is 0 Å². The van der Waals surface area contributed by atoms with Crippen molar-refractivity contribution in [3.05, 3.63) is 41.0 Å². The molecule has 0 aromatic carbocycles. The third-order valence-corrected chi connectivity index (χ3v) is 4.67. The van der Waals surface area contributed by atoms with Crippen LogP contribution in [0.1, 0.15) is 36.5 Å². The van der Waals surface area contributed by atoms with E-state index in [1.54, 1.807) is 17.5 Å². The van der Waals surface area contributed by atoms with Gasteiger partial charge in [0.1, 0.15) is 0 Å². The van der Waals surface area contributed by atoms with Gasteiger partial charge in [-0.2, -0.15) is 18.3 Å². The molecule has 0 saturated carbocycles. The largest absolute Gasteiger partial charge is 0.433 e. The highest BCUT2D eigenvalue weighted by Gasteiger charge is 2.35. The summed E-state index contributed by atoms with van der Waals surface area (Å²) in [6.45, 7) is 4.63. The monoisotopic (exact) mass is 412 g/mol. The van der Waals surface area contributed by atoms with Gasteiger partial charge in [-0.15, -0.1) is 11.3 Å². The van der Waals surface area contributed by atoms with Crippen LogP contribution in [-0.4, -0.2) is 39.8 Å². The SMILES string of the molecule is CC(C)OCCCNC(=O)c1cc2nc(-c3cccs3)cc(C(F)(F)F)n2n1. The molecule has 150 valence electrons. The molecule has 0 spiro atoms. The van der Waals surface area contributed by atoms with Crippen LogP contribution >= 0.6 is 11.3 Å². The third-order valence-electron chi connectivity index (χ3n) is 3.78.